The van der Waals surface area contributed by atoms with Crippen molar-refractivity contribution in [1.82, 2.24) is 14.4 Å². The van der Waals surface area contributed by atoms with Gasteiger partial charge in [0, 0.05) is 62.9 Å². The number of hydrogen-bond acceptors (Lipinski definition) is 3. The number of rotatable bonds is 4. The number of nitrogens with zero attached hydrogens (tertiary/aromatic N) is 3. The van der Waals surface area contributed by atoms with E-state index in [1.54, 1.807) is 7.11 Å². The Morgan fingerprint density at radius 3 is 2.93 bits per heavy atom. The van der Waals surface area contributed by atoms with Gasteiger partial charge in [-0.25, -0.2) is 0 Å². The molecule has 154 valence electrons. The highest BCUT2D eigenvalue weighted by Crippen LogP contribution is 2.38. The van der Waals surface area contributed by atoms with E-state index in [9.17, 15) is 9.59 Å². The molecule has 3 atom stereocenters. The lowest BCUT2D eigenvalue weighted by molar-refractivity contribution is -0.144. The van der Waals surface area contributed by atoms with E-state index in [1.165, 1.54) is 0 Å². The van der Waals surface area contributed by atoms with Gasteiger partial charge in [-0.05, 0) is 37.2 Å². The maximum atomic E-state index is 13.6. The standard InChI is InChI=1S/C23H29N3O3/c1-29-10-9-24-15-19(18-5-2-3-6-21(18)24)23(28)25-12-16-11-17(14-25)20-7-4-8-22(27)26(20)13-16/h2-3,5-6,15-17,20H,4,7-14H2,1H3. The summed E-state index contributed by atoms with van der Waals surface area (Å²) < 4.78 is 7.37. The number of aromatic nitrogens is 1. The fourth-order valence-corrected chi connectivity index (χ4v) is 5.74. The lowest BCUT2D eigenvalue weighted by Crippen LogP contribution is -2.61. The van der Waals surface area contributed by atoms with Crippen LogP contribution in [0.2, 0.25) is 0 Å². The third-order valence-electron chi connectivity index (χ3n) is 7.02. The number of benzene rings is 1. The molecule has 2 amide bonds. The summed E-state index contributed by atoms with van der Waals surface area (Å²) in [6, 6.07) is 8.44. The Morgan fingerprint density at radius 2 is 2.07 bits per heavy atom. The Hall–Kier alpha value is -2.34. The van der Waals surface area contributed by atoms with E-state index >= 15 is 0 Å². The Bertz CT molecular complexity index is 937. The first kappa shape index (κ1) is 18.7. The van der Waals surface area contributed by atoms with E-state index in [2.05, 4.69) is 20.4 Å². The van der Waals surface area contributed by atoms with Gasteiger partial charge in [-0.15, -0.1) is 0 Å². The monoisotopic (exact) mass is 395 g/mol. The van der Waals surface area contributed by atoms with Gasteiger partial charge in [-0.1, -0.05) is 18.2 Å². The molecule has 4 heterocycles. The molecule has 3 saturated heterocycles. The SMILES string of the molecule is COCCn1cc(C(=O)N2CC3CC(C2)C2CCCC(=O)N2C3)c2ccccc21. The molecule has 0 spiro atoms. The largest absolute Gasteiger partial charge is 0.383 e. The van der Waals surface area contributed by atoms with E-state index in [-0.39, 0.29) is 5.91 Å². The normalized spacial score (nSPS) is 26.7. The zero-order valence-electron chi connectivity index (χ0n) is 17.0. The topological polar surface area (TPSA) is 54.8 Å². The minimum Gasteiger partial charge on any atom is -0.383 e. The molecule has 3 aliphatic rings. The van der Waals surface area contributed by atoms with Crippen LogP contribution in [-0.2, 0) is 16.1 Å². The van der Waals surface area contributed by atoms with Gasteiger partial charge in [0.25, 0.3) is 5.91 Å². The average Bonchev–Trinajstić information content (AvgIpc) is 3.11. The highest BCUT2D eigenvalue weighted by atomic mass is 16.5. The third-order valence-corrected chi connectivity index (χ3v) is 7.02. The van der Waals surface area contributed by atoms with Crippen LogP contribution in [0, 0.1) is 11.8 Å². The molecule has 6 heteroatoms. The van der Waals surface area contributed by atoms with Crippen LogP contribution in [-0.4, -0.2) is 65.6 Å². The minimum atomic E-state index is 0.127. The van der Waals surface area contributed by atoms with Crippen molar-refractivity contribution >= 4 is 22.7 Å². The van der Waals surface area contributed by atoms with Gasteiger partial charge in [0.1, 0.15) is 0 Å². The summed E-state index contributed by atoms with van der Waals surface area (Å²) in [7, 11) is 1.70. The summed E-state index contributed by atoms with van der Waals surface area (Å²) in [5.74, 6) is 1.26. The van der Waals surface area contributed by atoms with Gasteiger partial charge >= 0.3 is 0 Å². The zero-order chi connectivity index (χ0) is 20.0. The molecule has 3 unspecified atom stereocenters. The average molecular weight is 396 g/mol. The maximum absolute atomic E-state index is 13.6. The quantitative estimate of drug-likeness (QED) is 0.800. The van der Waals surface area contributed by atoms with Crippen LogP contribution in [0.3, 0.4) is 0 Å². The van der Waals surface area contributed by atoms with E-state index in [4.69, 9.17) is 4.74 Å². The van der Waals surface area contributed by atoms with Crippen molar-refractivity contribution in [3.05, 3.63) is 36.0 Å². The predicted molar refractivity (Wildman–Crippen MR) is 111 cm³/mol. The predicted octanol–water partition coefficient (Wildman–Crippen LogP) is 2.76. The van der Waals surface area contributed by atoms with Crippen molar-refractivity contribution in [2.45, 2.75) is 38.3 Å². The molecule has 0 aliphatic carbocycles. The number of carbonyl (C=O) groups excluding carboxylic acids is 2. The van der Waals surface area contributed by atoms with Crippen molar-refractivity contribution in [2.75, 3.05) is 33.4 Å². The Morgan fingerprint density at radius 1 is 1.21 bits per heavy atom. The van der Waals surface area contributed by atoms with Crippen LogP contribution in [0.1, 0.15) is 36.0 Å². The van der Waals surface area contributed by atoms with Gasteiger partial charge in [0.05, 0.1) is 12.2 Å². The first-order valence-electron chi connectivity index (χ1n) is 10.8. The molecule has 6 nitrogen and oxygen atoms in total. The van der Waals surface area contributed by atoms with Gasteiger partial charge in [0.2, 0.25) is 5.91 Å². The second-order valence-corrected chi connectivity index (χ2v) is 8.82. The van der Waals surface area contributed by atoms with Crippen molar-refractivity contribution in [3.8, 4) is 0 Å². The molecule has 3 aliphatic heterocycles. The van der Waals surface area contributed by atoms with Crippen molar-refractivity contribution in [2.24, 2.45) is 11.8 Å². The summed E-state index contributed by atoms with van der Waals surface area (Å²) >= 11 is 0. The van der Waals surface area contributed by atoms with Gasteiger partial charge in [-0.2, -0.15) is 0 Å². The second kappa shape index (κ2) is 7.48. The fourth-order valence-electron chi connectivity index (χ4n) is 5.74. The number of para-hydroxylation sites is 1. The molecule has 0 radical (unpaired) electrons. The van der Waals surface area contributed by atoms with Crippen molar-refractivity contribution in [1.29, 1.82) is 0 Å². The van der Waals surface area contributed by atoms with Crippen LogP contribution in [0.25, 0.3) is 10.9 Å². The van der Waals surface area contributed by atoms with E-state index in [1.807, 2.05) is 24.4 Å². The van der Waals surface area contributed by atoms with Crippen LogP contribution < -0.4 is 0 Å². The minimum absolute atomic E-state index is 0.127. The van der Waals surface area contributed by atoms with Gasteiger partial charge in [0.15, 0.2) is 0 Å². The molecule has 2 bridgehead atoms. The number of piperidine rings is 3. The molecular formula is C23H29N3O3. The Balaban J connectivity index is 1.41. The molecule has 0 N–H and O–H groups in total. The first-order chi connectivity index (χ1) is 14.2. The van der Waals surface area contributed by atoms with E-state index in [0.29, 0.717) is 36.8 Å². The lowest BCUT2D eigenvalue weighted by atomic mass is 9.76. The second-order valence-electron chi connectivity index (χ2n) is 8.82. The Labute approximate surface area is 171 Å². The molecule has 1 aromatic heterocycles. The fraction of sp³-hybridized carbons (Fsp3) is 0.565. The summed E-state index contributed by atoms with van der Waals surface area (Å²) in [6.07, 6.45) is 5.91. The van der Waals surface area contributed by atoms with Crippen LogP contribution in [0.5, 0.6) is 0 Å². The molecule has 29 heavy (non-hydrogen) atoms. The van der Waals surface area contributed by atoms with Crippen LogP contribution >= 0.6 is 0 Å². The number of amides is 2. The number of ether oxygens (including phenoxy) is 1. The first-order valence-corrected chi connectivity index (χ1v) is 10.8. The molecule has 2 aromatic rings. The van der Waals surface area contributed by atoms with Crippen LogP contribution in [0.15, 0.2) is 30.5 Å². The summed E-state index contributed by atoms with van der Waals surface area (Å²) in [4.78, 5) is 30.1. The maximum Gasteiger partial charge on any atom is 0.256 e. The number of methoxy groups -OCH3 is 1. The highest BCUT2D eigenvalue weighted by Gasteiger charge is 2.45. The highest BCUT2D eigenvalue weighted by molar-refractivity contribution is 6.07. The summed E-state index contributed by atoms with van der Waals surface area (Å²) in [6.45, 7) is 3.69. The molecule has 5 rings (SSSR count). The van der Waals surface area contributed by atoms with E-state index in [0.717, 1.165) is 61.9 Å². The third kappa shape index (κ3) is 3.23. The lowest BCUT2D eigenvalue weighted by Gasteiger charge is -2.52. The van der Waals surface area contributed by atoms with Crippen molar-refractivity contribution in [3.63, 3.8) is 0 Å². The Kier molecular flexibility index (Phi) is 4.82. The number of likely N-dealkylation sites (tertiary alicyclic amines) is 1. The van der Waals surface area contributed by atoms with Crippen LogP contribution in [0.4, 0.5) is 0 Å². The number of hydrogen-bond donors (Lipinski definition) is 0. The zero-order valence-corrected chi connectivity index (χ0v) is 17.0. The van der Waals surface area contributed by atoms with Gasteiger partial charge in [-0.3, -0.25) is 9.59 Å². The summed E-state index contributed by atoms with van der Waals surface area (Å²) in [5.41, 5.74) is 1.86. The molecule has 0 saturated carbocycles. The molecule has 1 aromatic carbocycles. The summed E-state index contributed by atoms with van der Waals surface area (Å²) in [5, 5.41) is 1.01. The number of carbonyl (C=O) groups is 2. The molecular weight excluding hydrogens is 366 g/mol. The molecule has 3 fully saturated rings. The van der Waals surface area contributed by atoms with Gasteiger partial charge < -0.3 is 19.1 Å². The smallest absolute Gasteiger partial charge is 0.256 e. The van der Waals surface area contributed by atoms with Crippen molar-refractivity contribution < 1.29 is 14.3 Å². The van der Waals surface area contributed by atoms with E-state index < -0.39 is 0 Å². The number of fused-ring (bicyclic) bond motifs is 5.